The standard InChI is InChI=1S/C18H32N2/c1-6-13-18(5,14-19-7-2)15-20(8-3)17-11-9-16(4)10-12-17/h9-12,19H,6-8,13-15H2,1-5H3. The van der Waals surface area contributed by atoms with Crippen LogP contribution in [0.4, 0.5) is 5.69 Å². The minimum absolute atomic E-state index is 0.339. The van der Waals surface area contributed by atoms with E-state index in [1.165, 1.54) is 24.1 Å². The van der Waals surface area contributed by atoms with E-state index in [0.29, 0.717) is 5.41 Å². The van der Waals surface area contributed by atoms with Crippen molar-refractivity contribution in [3.63, 3.8) is 0 Å². The van der Waals surface area contributed by atoms with Crippen LogP contribution in [0, 0.1) is 12.3 Å². The van der Waals surface area contributed by atoms with E-state index >= 15 is 0 Å². The molecule has 1 unspecified atom stereocenters. The van der Waals surface area contributed by atoms with Crippen molar-refractivity contribution >= 4 is 5.69 Å². The number of anilines is 1. The number of aryl methyl sites for hydroxylation is 1. The number of hydrogen-bond donors (Lipinski definition) is 1. The lowest BCUT2D eigenvalue weighted by molar-refractivity contribution is 0.283. The van der Waals surface area contributed by atoms with Gasteiger partial charge in [0.1, 0.15) is 0 Å². The molecule has 2 heteroatoms. The molecule has 0 fully saturated rings. The van der Waals surface area contributed by atoms with Crippen molar-refractivity contribution in [3.8, 4) is 0 Å². The van der Waals surface area contributed by atoms with Crippen molar-refractivity contribution in [2.24, 2.45) is 5.41 Å². The Hall–Kier alpha value is -1.02. The Kier molecular flexibility index (Phi) is 7.08. The molecular weight excluding hydrogens is 244 g/mol. The van der Waals surface area contributed by atoms with Crippen LogP contribution in [0.25, 0.3) is 0 Å². The summed E-state index contributed by atoms with van der Waals surface area (Å²) in [6.07, 6.45) is 2.51. The highest BCUT2D eigenvalue weighted by molar-refractivity contribution is 5.47. The minimum atomic E-state index is 0.339. The number of hydrogen-bond acceptors (Lipinski definition) is 2. The smallest absolute Gasteiger partial charge is 0.0366 e. The van der Waals surface area contributed by atoms with Crippen LogP contribution in [0.3, 0.4) is 0 Å². The molecule has 1 aromatic rings. The summed E-state index contributed by atoms with van der Waals surface area (Å²) in [5.74, 6) is 0. The van der Waals surface area contributed by atoms with Crippen LogP contribution in [0.15, 0.2) is 24.3 Å². The number of benzene rings is 1. The molecule has 2 nitrogen and oxygen atoms in total. The molecule has 0 spiro atoms. The normalized spacial score (nSPS) is 14.1. The average molecular weight is 276 g/mol. The highest BCUT2D eigenvalue weighted by Gasteiger charge is 2.25. The summed E-state index contributed by atoms with van der Waals surface area (Å²) in [6, 6.07) is 8.91. The van der Waals surface area contributed by atoms with E-state index in [4.69, 9.17) is 0 Å². The molecule has 0 aliphatic heterocycles. The molecule has 0 saturated carbocycles. The Labute approximate surface area is 125 Å². The lowest BCUT2D eigenvalue weighted by Gasteiger charge is -2.36. The van der Waals surface area contributed by atoms with Gasteiger partial charge >= 0.3 is 0 Å². The quantitative estimate of drug-likeness (QED) is 0.726. The molecule has 0 bridgehead atoms. The topological polar surface area (TPSA) is 15.3 Å². The summed E-state index contributed by atoms with van der Waals surface area (Å²) in [7, 11) is 0. The summed E-state index contributed by atoms with van der Waals surface area (Å²) in [5, 5.41) is 3.54. The van der Waals surface area contributed by atoms with Gasteiger partial charge in [-0.1, -0.05) is 44.9 Å². The molecule has 0 amide bonds. The summed E-state index contributed by atoms with van der Waals surface area (Å²) >= 11 is 0. The van der Waals surface area contributed by atoms with Crippen LogP contribution >= 0.6 is 0 Å². The van der Waals surface area contributed by atoms with Crippen LogP contribution in [-0.2, 0) is 0 Å². The Morgan fingerprint density at radius 3 is 2.25 bits per heavy atom. The Morgan fingerprint density at radius 2 is 1.75 bits per heavy atom. The number of rotatable bonds is 9. The molecule has 1 aromatic carbocycles. The van der Waals surface area contributed by atoms with Gasteiger partial charge in [-0.3, -0.25) is 0 Å². The van der Waals surface area contributed by atoms with Crippen molar-refractivity contribution in [2.75, 3.05) is 31.1 Å². The Bertz CT molecular complexity index is 372. The van der Waals surface area contributed by atoms with E-state index < -0.39 is 0 Å². The number of nitrogens with zero attached hydrogens (tertiary/aromatic N) is 1. The van der Waals surface area contributed by atoms with Gasteiger partial charge in [-0.15, -0.1) is 0 Å². The zero-order chi connectivity index (χ0) is 15.0. The van der Waals surface area contributed by atoms with Gasteiger partial charge in [0.2, 0.25) is 0 Å². The molecule has 0 aromatic heterocycles. The van der Waals surface area contributed by atoms with Crippen molar-refractivity contribution in [2.45, 2.75) is 47.5 Å². The van der Waals surface area contributed by atoms with E-state index in [0.717, 1.165) is 26.2 Å². The second kappa shape index (κ2) is 8.31. The fourth-order valence-electron chi connectivity index (χ4n) is 2.86. The molecule has 0 heterocycles. The maximum Gasteiger partial charge on any atom is 0.0366 e. The Balaban J connectivity index is 2.79. The second-order valence-electron chi connectivity index (χ2n) is 6.19. The van der Waals surface area contributed by atoms with Gasteiger partial charge in [-0.2, -0.15) is 0 Å². The fraction of sp³-hybridized carbons (Fsp3) is 0.667. The molecule has 114 valence electrons. The third-order valence-electron chi connectivity index (χ3n) is 4.01. The van der Waals surface area contributed by atoms with Crippen LogP contribution in [0.2, 0.25) is 0 Å². The predicted octanol–water partition coefficient (Wildman–Crippen LogP) is 4.24. The van der Waals surface area contributed by atoms with Gasteiger partial charge in [0.25, 0.3) is 0 Å². The summed E-state index contributed by atoms with van der Waals surface area (Å²) in [6.45, 7) is 15.6. The first-order valence-electron chi connectivity index (χ1n) is 8.07. The second-order valence-corrected chi connectivity index (χ2v) is 6.19. The van der Waals surface area contributed by atoms with Gasteiger partial charge in [0, 0.05) is 25.3 Å². The first kappa shape index (κ1) is 17.0. The fourth-order valence-corrected chi connectivity index (χ4v) is 2.86. The highest BCUT2D eigenvalue weighted by atomic mass is 15.1. The van der Waals surface area contributed by atoms with E-state index in [9.17, 15) is 0 Å². The summed E-state index contributed by atoms with van der Waals surface area (Å²) in [4.78, 5) is 2.51. The molecule has 0 aliphatic carbocycles. The van der Waals surface area contributed by atoms with E-state index in [2.05, 4.69) is 69.1 Å². The van der Waals surface area contributed by atoms with Crippen LogP contribution in [-0.4, -0.2) is 26.2 Å². The van der Waals surface area contributed by atoms with Gasteiger partial charge < -0.3 is 10.2 Å². The average Bonchev–Trinajstić information content (AvgIpc) is 2.44. The maximum atomic E-state index is 3.54. The third kappa shape index (κ3) is 5.16. The van der Waals surface area contributed by atoms with E-state index in [1.54, 1.807) is 0 Å². The van der Waals surface area contributed by atoms with Crippen molar-refractivity contribution in [1.82, 2.24) is 5.32 Å². The molecule has 0 saturated heterocycles. The highest BCUT2D eigenvalue weighted by Crippen LogP contribution is 2.27. The molecule has 0 radical (unpaired) electrons. The maximum absolute atomic E-state index is 3.54. The third-order valence-corrected chi connectivity index (χ3v) is 4.01. The van der Waals surface area contributed by atoms with E-state index in [1.807, 2.05) is 0 Å². The summed E-state index contributed by atoms with van der Waals surface area (Å²) < 4.78 is 0. The molecular formula is C18H32N2. The Morgan fingerprint density at radius 1 is 1.10 bits per heavy atom. The lowest BCUT2D eigenvalue weighted by atomic mass is 9.84. The van der Waals surface area contributed by atoms with Gasteiger partial charge in [-0.05, 0) is 44.4 Å². The van der Waals surface area contributed by atoms with Gasteiger partial charge in [0.15, 0.2) is 0 Å². The SMILES string of the molecule is CCCC(C)(CNCC)CN(CC)c1ccc(C)cc1. The first-order valence-corrected chi connectivity index (χ1v) is 8.07. The molecule has 1 N–H and O–H groups in total. The van der Waals surface area contributed by atoms with E-state index in [-0.39, 0.29) is 0 Å². The summed E-state index contributed by atoms with van der Waals surface area (Å²) in [5.41, 5.74) is 3.01. The van der Waals surface area contributed by atoms with Crippen LogP contribution in [0.1, 0.15) is 46.1 Å². The monoisotopic (exact) mass is 276 g/mol. The van der Waals surface area contributed by atoms with Crippen molar-refractivity contribution < 1.29 is 0 Å². The van der Waals surface area contributed by atoms with Crippen LogP contribution in [0.5, 0.6) is 0 Å². The van der Waals surface area contributed by atoms with Crippen LogP contribution < -0.4 is 10.2 Å². The zero-order valence-electron chi connectivity index (χ0n) is 14.0. The minimum Gasteiger partial charge on any atom is -0.371 e. The molecule has 0 aliphatic rings. The van der Waals surface area contributed by atoms with Crippen molar-refractivity contribution in [1.29, 1.82) is 0 Å². The molecule has 1 atom stereocenters. The lowest BCUT2D eigenvalue weighted by Crippen LogP contribution is -2.42. The largest absolute Gasteiger partial charge is 0.371 e. The zero-order valence-corrected chi connectivity index (χ0v) is 14.0. The van der Waals surface area contributed by atoms with Gasteiger partial charge in [0.05, 0.1) is 0 Å². The predicted molar refractivity (Wildman–Crippen MR) is 90.6 cm³/mol. The van der Waals surface area contributed by atoms with Crippen molar-refractivity contribution in [3.05, 3.63) is 29.8 Å². The molecule has 1 rings (SSSR count). The number of nitrogens with one attached hydrogen (secondary N) is 1. The van der Waals surface area contributed by atoms with Gasteiger partial charge in [-0.25, -0.2) is 0 Å². The first-order chi connectivity index (χ1) is 9.54. The molecule has 20 heavy (non-hydrogen) atoms.